The number of aromatic nitrogens is 1. The van der Waals surface area contributed by atoms with Crippen molar-refractivity contribution in [3.63, 3.8) is 0 Å². The molecule has 0 unspecified atom stereocenters. The first-order valence-electron chi connectivity index (χ1n) is 12.1. The standard InChI is InChI=1S/C27H30N6/c1-19-16-32(26-8-7-20(14-28)27-24(26)5-3-10-30-27)18-22-17-31(12-13-33(19)22)25-6-2-4-21-15-29-11-9-23(21)25/h2-8,10,19,22,29H,9,11-13,15-18H2,1H3/t19-,22+/m1/s1. The number of nitrogens with one attached hydrogen (secondary N) is 1. The zero-order valence-corrected chi connectivity index (χ0v) is 19.2. The van der Waals surface area contributed by atoms with Crippen LogP contribution in [0, 0.1) is 11.3 Å². The molecule has 33 heavy (non-hydrogen) atoms. The summed E-state index contributed by atoms with van der Waals surface area (Å²) >= 11 is 0. The first kappa shape index (κ1) is 20.5. The molecule has 0 saturated carbocycles. The van der Waals surface area contributed by atoms with Gasteiger partial charge in [0.15, 0.2) is 0 Å². The second-order valence-electron chi connectivity index (χ2n) is 9.58. The lowest BCUT2D eigenvalue weighted by Gasteiger charge is -2.52. The van der Waals surface area contributed by atoms with E-state index in [-0.39, 0.29) is 0 Å². The number of hydrogen-bond acceptors (Lipinski definition) is 6. The molecule has 0 bridgehead atoms. The van der Waals surface area contributed by atoms with Crippen molar-refractivity contribution in [1.82, 2.24) is 15.2 Å². The number of benzene rings is 2. The molecule has 1 aromatic heterocycles. The molecule has 2 atom stereocenters. The van der Waals surface area contributed by atoms with Gasteiger partial charge in [0, 0.05) is 74.3 Å². The van der Waals surface area contributed by atoms with Crippen molar-refractivity contribution in [3.8, 4) is 6.07 Å². The molecule has 0 amide bonds. The summed E-state index contributed by atoms with van der Waals surface area (Å²) in [5, 5.41) is 14.1. The summed E-state index contributed by atoms with van der Waals surface area (Å²) in [4.78, 5) is 12.4. The first-order valence-corrected chi connectivity index (χ1v) is 12.1. The maximum Gasteiger partial charge on any atom is 0.101 e. The highest BCUT2D eigenvalue weighted by Crippen LogP contribution is 2.34. The molecule has 1 N–H and O–H groups in total. The van der Waals surface area contributed by atoms with E-state index < -0.39 is 0 Å². The van der Waals surface area contributed by atoms with Crippen LogP contribution in [-0.2, 0) is 13.0 Å². The van der Waals surface area contributed by atoms with Gasteiger partial charge in [-0.1, -0.05) is 12.1 Å². The average Bonchev–Trinajstić information content (AvgIpc) is 2.87. The number of nitriles is 1. The highest BCUT2D eigenvalue weighted by molar-refractivity contribution is 5.95. The Labute approximate surface area is 195 Å². The molecule has 0 radical (unpaired) electrons. The summed E-state index contributed by atoms with van der Waals surface area (Å²) in [7, 11) is 0. The molecule has 2 aromatic carbocycles. The van der Waals surface area contributed by atoms with Crippen LogP contribution in [0.1, 0.15) is 23.6 Å². The molecule has 0 aliphatic carbocycles. The predicted octanol–water partition coefficient (Wildman–Crippen LogP) is 3.15. The van der Waals surface area contributed by atoms with Crippen LogP contribution in [0.5, 0.6) is 0 Å². The van der Waals surface area contributed by atoms with E-state index in [0.29, 0.717) is 17.6 Å². The Hall–Kier alpha value is -3.14. The number of hydrogen-bond donors (Lipinski definition) is 1. The molecule has 3 aliphatic rings. The minimum Gasteiger partial charge on any atom is -0.368 e. The van der Waals surface area contributed by atoms with E-state index in [1.54, 1.807) is 6.20 Å². The Kier molecular flexibility index (Phi) is 5.17. The lowest BCUT2D eigenvalue weighted by molar-refractivity contribution is 0.108. The van der Waals surface area contributed by atoms with Crippen LogP contribution < -0.4 is 15.1 Å². The Bertz CT molecular complexity index is 1230. The molecule has 3 aromatic rings. The third-order valence-corrected chi connectivity index (χ3v) is 7.67. The van der Waals surface area contributed by atoms with Gasteiger partial charge in [0.25, 0.3) is 0 Å². The number of anilines is 2. The molecule has 2 saturated heterocycles. The van der Waals surface area contributed by atoms with Crippen LogP contribution in [0.4, 0.5) is 11.4 Å². The molecule has 6 nitrogen and oxygen atoms in total. The summed E-state index contributed by atoms with van der Waals surface area (Å²) in [6.07, 6.45) is 2.89. The van der Waals surface area contributed by atoms with Crippen molar-refractivity contribution in [2.24, 2.45) is 0 Å². The fraction of sp³-hybridized carbons (Fsp3) is 0.407. The zero-order valence-electron chi connectivity index (χ0n) is 19.2. The van der Waals surface area contributed by atoms with Crippen molar-refractivity contribution >= 4 is 22.3 Å². The van der Waals surface area contributed by atoms with Crippen LogP contribution in [0.2, 0.25) is 0 Å². The number of pyridine rings is 1. The molecule has 3 aliphatic heterocycles. The maximum absolute atomic E-state index is 9.54. The zero-order chi connectivity index (χ0) is 22.4. The van der Waals surface area contributed by atoms with E-state index in [1.165, 1.54) is 22.5 Å². The average molecular weight is 439 g/mol. The van der Waals surface area contributed by atoms with Crippen LogP contribution in [-0.4, -0.2) is 61.2 Å². The lowest BCUT2D eigenvalue weighted by atomic mass is 9.96. The van der Waals surface area contributed by atoms with Crippen LogP contribution in [0.25, 0.3) is 10.9 Å². The van der Waals surface area contributed by atoms with E-state index in [1.807, 2.05) is 12.1 Å². The first-order chi connectivity index (χ1) is 16.2. The fourth-order valence-corrected chi connectivity index (χ4v) is 6.11. The van der Waals surface area contributed by atoms with Crippen molar-refractivity contribution in [1.29, 1.82) is 5.26 Å². The van der Waals surface area contributed by atoms with E-state index in [2.05, 4.69) is 68.3 Å². The van der Waals surface area contributed by atoms with Crippen molar-refractivity contribution in [2.45, 2.75) is 32.0 Å². The molecule has 168 valence electrons. The highest BCUT2D eigenvalue weighted by atomic mass is 15.4. The SMILES string of the molecule is C[C@@H]1CN(c2ccc(C#N)c3ncccc23)C[C@@H]2CN(c3cccc4c3CCNC4)CCN21. The molecular formula is C27H30N6. The smallest absolute Gasteiger partial charge is 0.101 e. The lowest BCUT2D eigenvalue weighted by Crippen LogP contribution is -2.65. The third-order valence-electron chi connectivity index (χ3n) is 7.67. The number of fused-ring (bicyclic) bond motifs is 3. The predicted molar refractivity (Wildman–Crippen MR) is 133 cm³/mol. The second-order valence-corrected chi connectivity index (χ2v) is 9.58. The maximum atomic E-state index is 9.54. The Morgan fingerprint density at radius 3 is 2.82 bits per heavy atom. The minimum atomic E-state index is 0.474. The van der Waals surface area contributed by atoms with E-state index in [9.17, 15) is 5.26 Å². The van der Waals surface area contributed by atoms with Gasteiger partial charge in [-0.2, -0.15) is 5.26 Å². The summed E-state index contributed by atoms with van der Waals surface area (Å²) in [6, 6.07) is 18.2. The van der Waals surface area contributed by atoms with Gasteiger partial charge in [-0.15, -0.1) is 0 Å². The van der Waals surface area contributed by atoms with Crippen molar-refractivity contribution < 1.29 is 0 Å². The van der Waals surface area contributed by atoms with Gasteiger partial charge >= 0.3 is 0 Å². The monoisotopic (exact) mass is 438 g/mol. The molecule has 0 spiro atoms. The highest BCUT2D eigenvalue weighted by Gasteiger charge is 2.37. The Morgan fingerprint density at radius 2 is 1.91 bits per heavy atom. The van der Waals surface area contributed by atoms with Crippen molar-refractivity contribution in [3.05, 3.63) is 65.4 Å². The van der Waals surface area contributed by atoms with Crippen LogP contribution in [0.3, 0.4) is 0 Å². The van der Waals surface area contributed by atoms with Gasteiger partial charge in [-0.05, 0) is 61.3 Å². The van der Waals surface area contributed by atoms with Gasteiger partial charge in [0.1, 0.15) is 6.07 Å². The van der Waals surface area contributed by atoms with E-state index >= 15 is 0 Å². The topological polar surface area (TPSA) is 58.4 Å². The normalized spacial score (nSPS) is 23.2. The quantitative estimate of drug-likeness (QED) is 0.663. The van der Waals surface area contributed by atoms with Gasteiger partial charge in [0.05, 0.1) is 11.1 Å². The molecule has 6 heteroatoms. The Morgan fingerprint density at radius 1 is 1.00 bits per heavy atom. The summed E-state index contributed by atoms with van der Waals surface area (Å²) in [5.74, 6) is 0. The van der Waals surface area contributed by atoms with Crippen molar-refractivity contribution in [2.75, 3.05) is 49.1 Å². The van der Waals surface area contributed by atoms with Gasteiger partial charge in [-0.3, -0.25) is 9.88 Å². The molecular weight excluding hydrogens is 408 g/mol. The van der Waals surface area contributed by atoms with E-state index in [0.717, 1.165) is 63.1 Å². The van der Waals surface area contributed by atoms with Crippen LogP contribution in [0.15, 0.2) is 48.7 Å². The summed E-state index contributed by atoms with van der Waals surface area (Å²) in [6.45, 7) is 9.65. The van der Waals surface area contributed by atoms with Gasteiger partial charge in [0.2, 0.25) is 0 Å². The third kappa shape index (κ3) is 3.52. The second kappa shape index (κ2) is 8.33. The van der Waals surface area contributed by atoms with E-state index in [4.69, 9.17) is 0 Å². The largest absolute Gasteiger partial charge is 0.368 e. The fourth-order valence-electron chi connectivity index (χ4n) is 6.11. The van der Waals surface area contributed by atoms with Gasteiger partial charge < -0.3 is 15.1 Å². The van der Waals surface area contributed by atoms with Crippen LogP contribution >= 0.6 is 0 Å². The van der Waals surface area contributed by atoms with Gasteiger partial charge in [-0.25, -0.2) is 0 Å². The number of rotatable bonds is 2. The summed E-state index contributed by atoms with van der Waals surface area (Å²) < 4.78 is 0. The number of piperazine rings is 2. The minimum absolute atomic E-state index is 0.474. The summed E-state index contributed by atoms with van der Waals surface area (Å²) in [5.41, 5.74) is 7.08. The Balaban J connectivity index is 1.30. The molecule has 4 heterocycles. The number of nitrogens with zero attached hydrogens (tertiary/aromatic N) is 5. The molecule has 2 fully saturated rings. The molecule has 6 rings (SSSR count).